The van der Waals surface area contributed by atoms with Crippen molar-refractivity contribution in [2.24, 2.45) is 0 Å². The van der Waals surface area contributed by atoms with Gasteiger partial charge in [-0.1, -0.05) is 66.3 Å². The van der Waals surface area contributed by atoms with Crippen LogP contribution < -0.4 is 15.6 Å². The lowest BCUT2D eigenvalue weighted by molar-refractivity contribution is -0.116. The first-order chi connectivity index (χ1) is 15.0. The van der Waals surface area contributed by atoms with Gasteiger partial charge in [-0.15, -0.1) is 0 Å². The van der Waals surface area contributed by atoms with Gasteiger partial charge in [0.1, 0.15) is 18.2 Å². The van der Waals surface area contributed by atoms with Crippen molar-refractivity contribution in [3.05, 3.63) is 93.3 Å². The highest BCUT2D eigenvalue weighted by Crippen LogP contribution is 2.38. The van der Waals surface area contributed by atoms with Crippen LogP contribution in [0.5, 0.6) is 5.75 Å². The van der Waals surface area contributed by atoms with E-state index in [0.29, 0.717) is 33.9 Å². The van der Waals surface area contributed by atoms with E-state index in [1.165, 1.54) is 11.8 Å². The number of thioether (sulfide) groups is 1. The number of H-pyrrole nitrogens is 1. The third-order valence-electron chi connectivity index (χ3n) is 4.85. The molecule has 0 bridgehead atoms. The van der Waals surface area contributed by atoms with Crippen molar-refractivity contribution in [2.75, 3.05) is 11.9 Å². The summed E-state index contributed by atoms with van der Waals surface area (Å²) in [6, 6.07) is 14.9. The molecule has 4 rings (SSSR count). The molecule has 1 atom stereocenters. The molecule has 0 unspecified atom stereocenters. The molecule has 0 saturated heterocycles. The van der Waals surface area contributed by atoms with E-state index in [1.807, 2.05) is 42.5 Å². The maximum absolute atomic E-state index is 13.0. The number of carbonyl (C=O) groups is 1. The van der Waals surface area contributed by atoms with Gasteiger partial charge in [0, 0.05) is 28.7 Å². The molecule has 2 heterocycles. The number of rotatable bonds is 7. The Balaban J connectivity index is 1.66. The molecule has 8 heteroatoms. The molecule has 0 spiro atoms. The largest absolute Gasteiger partial charge is 0.489 e. The van der Waals surface area contributed by atoms with Gasteiger partial charge in [0.25, 0.3) is 5.56 Å². The number of nitrogens with one attached hydrogen (secondary N) is 2. The third kappa shape index (κ3) is 4.84. The molecule has 0 radical (unpaired) electrons. The summed E-state index contributed by atoms with van der Waals surface area (Å²) in [5, 5.41) is 3.83. The predicted molar refractivity (Wildman–Crippen MR) is 123 cm³/mol. The highest BCUT2D eigenvalue weighted by Gasteiger charge is 2.32. The number of nitrogens with zero attached hydrogens (tertiary/aromatic N) is 1. The van der Waals surface area contributed by atoms with Crippen molar-refractivity contribution in [1.82, 2.24) is 9.97 Å². The second kappa shape index (κ2) is 9.41. The Morgan fingerprint density at radius 2 is 2.06 bits per heavy atom. The van der Waals surface area contributed by atoms with E-state index in [4.69, 9.17) is 16.3 Å². The molecule has 31 heavy (non-hydrogen) atoms. The van der Waals surface area contributed by atoms with Crippen LogP contribution in [0, 0.1) is 0 Å². The van der Waals surface area contributed by atoms with Gasteiger partial charge in [0.15, 0.2) is 5.16 Å². The Labute approximate surface area is 188 Å². The van der Waals surface area contributed by atoms with Crippen LogP contribution in [0.25, 0.3) is 0 Å². The summed E-state index contributed by atoms with van der Waals surface area (Å²) >= 11 is 7.40. The monoisotopic (exact) mass is 453 g/mol. The second-order valence-corrected chi connectivity index (χ2v) is 8.39. The molecular formula is C23H20ClN3O3S. The van der Waals surface area contributed by atoms with Crippen molar-refractivity contribution >= 4 is 35.1 Å². The Morgan fingerprint density at radius 3 is 2.87 bits per heavy atom. The van der Waals surface area contributed by atoms with Gasteiger partial charge < -0.3 is 15.0 Å². The van der Waals surface area contributed by atoms with Gasteiger partial charge in [0.2, 0.25) is 5.91 Å². The molecular weight excluding hydrogens is 434 g/mol. The van der Waals surface area contributed by atoms with E-state index in [9.17, 15) is 9.59 Å². The van der Waals surface area contributed by atoms with Gasteiger partial charge in [-0.3, -0.25) is 9.59 Å². The van der Waals surface area contributed by atoms with Crippen LogP contribution in [-0.4, -0.2) is 22.5 Å². The third-order valence-corrected chi connectivity index (χ3v) is 6.02. The first-order valence-corrected chi connectivity index (χ1v) is 11.1. The van der Waals surface area contributed by atoms with Gasteiger partial charge in [-0.05, 0) is 23.8 Å². The molecule has 1 aliphatic heterocycles. The van der Waals surface area contributed by atoms with Crippen molar-refractivity contribution in [2.45, 2.75) is 23.2 Å². The van der Waals surface area contributed by atoms with E-state index >= 15 is 0 Å². The molecule has 2 aromatic carbocycles. The second-order valence-electron chi connectivity index (χ2n) is 6.99. The van der Waals surface area contributed by atoms with Crippen LogP contribution in [0.4, 0.5) is 5.82 Å². The number of para-hydroxylation sites is 1. The van der Waals surface area contributed by atoms with Gasteiger partial charge in [-0.25, -0.2) is 4.98 Å². The average Bonchev–Trinajstić information content (AvgIpc) is 2.75. The predicted octanol–water partition coefficient (Wildman–Crippen LogP) is 4.75. The zero-order valence-corrected chi connectivity index (χ0v) is 18.1. The number of amides is 1. The maximum Gasteiger partial charge on any atom is 0.257 e. The topological polar surface area (TPSA) is 84.1 Å². The van der Waals surface area contributed by atoms with Crippen LogP contribution in [0.2, 0.25) is 5.02 Å². The SMILES string of the molecule is C=CCOc1ccccc1[C@@H]1CC(=O)Nc2nc(SCc3cccc(Cl)c3)[nH]c(=O)c21. The lowest BCUT2D eigenvalue weighted by atomic mass is 9.86. The Morgan fingerprint density at radius 1 is 1.23 bits per heavy atom. The Hall–Kier alpha value is -3.03. The Kier molecular flexibility index (Phi) is 6.44. The first-order valence-electron chi connectivity index (χ1n) is 9.69. The molecule has 1 aromatic heterocycles. The number of fused-ring (bicyclic) bond motifs is 1. The minimum atomic E-state index is -0.451. The fourth-order valence-electron chi connectivity index (χ4n) is 3.51. The van der Waals surface area contributed by atoms with Gasteiger partial charge in [0.05, 0.1) is 5.56 Å². The van der Waals surface area contributed by atoms with Crippen molar-refractivity contribution in [3.63, 3.8) is 0 Å². The highest BCUT2D eigenvalue weighted by atomic mass is 35.5. The number of benzene rings is 2. The minimum absolute atomic E-state index is 0.140. The van der Waals surface area contributed by atoms with Crippen LogP contribution >= 0.6 is 23.4 Å². The summed E-state index contributed by atoms with van der Waals surface area (Å²) in [5.41, 5.74) is 1.93. The fourth-order valence-corrected chi connectivity index (χ4v) is 4.53. The van der Waals surface area contributed by atoms with Crippen LogP contribution in [0.3, 0.4) is 0 Å². The minimum Gasteiger partial charge on any atom is -0.489 e. The summed E-state index contributed by atoms with van der Waals surface area (Å²) < 4.78 is 5.75. The zero-order valence-electron chi connectivity index (χ0n) is 16.6. The molecule has 6 nitrogen and oxygen atoms in total. The van der Waals surface area contributed by atoms with Crippen molar-refractivity contribution < 1.29 is 9.53 Å². The molecule has 2 N–H and O–H groups in total. The quantitative estimate of drug-likeness (QED) is 0.306. The molecule has 1 aliphatic rings. The number of ether oxygens (including phenoxy) is 1. The van der Waals surface area contributed by atoms with Crippen molar-refractivity contribution in [3.8, 4) is 5.75 Å². The van der Waals surface area contributed by atoms with E-state index in [2.05, 4.69) is 21.9 Å². The number of aromatic nitrogens is 2. The number of aromatic amines is 1. The van der Waals surface area contributed by atoms with E-state index in [-0.39, 0.29) is 23.7 Å². The van der Waals surface area contributed by atoms with Crippen LogP contribution in [0.15, 0.2) is 71.1 Å². The fraction of sp³-hybridized carbons (Fsp3) is 0.174. The summed E-state index contributed by atoms with van der Waals surface area (Å²) in [5.74, 6) is 0.842. The maximum atomic E-state index is 13.0. The van der Waals surface area contributed by atoms with E-state index in [1.54, 1.807) is 12.1 Å². The summed E-state index contributed by atoms with van der Waals surface area (Å²) in [7, 11) is 0. The molecule has 0 saturated carbocycles. The van der Waals surface area contributed by atoms with E-state index < -0.39 is 5.92 Å². The first kappa shape index (κ1) is 21.2. The number of hydrogen-bond acceptors (Lipinski definition) is 5. The molecule has 158 valence electrons. The van der Waals surface area contributed by atoms with Crippen LogP contribution in [-0.2, 0) is 10.5 Å². The molecule has 0 fully saturated rings. The molecule has 3 aromatic rings. The highest BCUT2D eigenvalue weighted by molar-refractivity contribution is 7.98. The van der Waals surface area contributed by atoms with Crippen molar-refractivity contribution in [1.29, 1.82) is 0 Å². The normalized spacial score (nSPS) is 15.1. The number of anilines is 1. The number of hydrogen-bond donors (Lipinski definition) is 2. The molecule has 1 amide bonds. The standard InChI is InChI=1S/C23H20ClN3O3S/c1-2-10-30-18-9-4-3-8-16(18)17-12-19(28)25-21-20(17)22(29)27-23(26-21)31-13-14-6-5-7-15(24)11-14/h2-9,11,17H,1,10,12-13H2,(H2,25,26,27,28,29)/t17-/m0/s1. The summed E-state index contributed by atoms with van der Waals surface area (Å²) in [6.45, 7) is 4.00. The smallest absolute Gasteiger partial charge is 0.257 e. The lowest BCUT2D eigenvalue weighted by Gasteiger charge is -2.26. The van der Waals surface area contributed by atoms with Gasteiger partial charge >= 0.3 is 0 Å². The zero-order chi connectivity index (χ0) is 21.8. The summed E-state index contributed by atoms with van der Waals surface area (Å²) in [4.78, 5) is 32.8. The summed E-state index contributed by atoms with van der Waals surface area (Å²) in [6.07, 6.45) is 1.79. The Bertz CT molecular complexity index is 1190. The lowest BCUT2D eigenvalue weighted by Crippen LogP contribution is -2.31. The van der Waals surface area contributed by atoms with Gasteiger partial charge in [-0.2, -0.15) is 0 Å². The van der Waals surface area contributed by atoms with E-state index in [0.717, 1.165) is 11.1 Å². The number of halogens is 1. The molecule has 0 aliphatic carbocycles. The number of carbonyl (C=O) groups excluding carboxylic acids is 1. The average molecular weight is 454 g/mol. The van der Waals surface area contributed by atoms with Crippen LogP contribution in [0.1, 0.15) is 29.0 Å².